The van der Waals surface area contributed by atoms with E-state index in [2.05, 4.69) is 20.6 Å². The zero-order valence-corrected chi connectivity index (χ0v) is 8.47. The van der Waals surface area contributed by atoms with Crippen molar-refractivity contribution in [2.24, 2.45) is 0 Å². The summed E-state index contributed by atoms with van der Waals surface area (Å²) in [6.07, 6.45) is 2.10. The predicted octanol–water partition coefficient (Wildman–Crippen LogP) is 1.87. The highest BCUT2D eigenvalue weighted by atomic mass is 19.1. The van der Waals surface area contributed by atoms with Gasteiger partial charge in [0.1, 0.15) is 0 Å². The number of nitrogens with zero attached hydrogens (tertiary/aromatic N) is 2. The van der Waals surface area contributed by atoms with Crippen LogP contribution >= 0.6 is 0 Å². The topological polar surface area (TPSA) is 49.8 Å². The number of nitrogens with one attached hydrogen (secondary N) is 2. The summed E-state index contributed by atoms with van der Waals surface area (Å²) in [5.41, 5.74) is 0. The Morgan fingerprint density at radius 2 is 2.14 bits per heavy atom. The molecule has 0 atom stereocenters. The SMILES string of the molecule is CCCNc1nc(NCC)ncc1F. The monoisotopic (exact) mass is 198 g/mol. The van der Waals surface area contributed by atoms with Gasteiger partial charge in [0, 0.05) is 13.1 Å². The van der Waals surface area contributed by atoms with Gasteiger partial charge in [-0.2, -0.15) is 4.98 Å². The van der Waals surface area contributed by atoms with Crippen molar-refractivity contribution in [2.75, 3.05) is 23.7 Å². The highest BCUT2D eigenvalue weighted by Gasteiger charge is 2.04. The number of hydrogen-bond donors (Lipinski definition) is 2. The molecule has 1 heterocycles. The van der Waals surface area contributed by atoms with Gasteiger partial charge in [-0.3, -0.25) is 0 Å². The molecule has 1 aromatic heterocycles. The van der Waals surface area contributed by atoms with Gasteiger partial charge in [0.25, 0.3) is 0 Å². The van der Waals surface area contributed by atoms with Gasteiger partial charge >= 0.3 is 0 Å². The second-order valence-electron chi connectivity index (χ2n) is 2.85. The van der Waals surface area contributed by atoms with E-state index in [-0.39, 0.29) is 5.82 Å². The van der Waals surface area contributed by atoms with Crippen molar-refractivity contribution < 1.29 is 4.39 Å². The van der Waals surface area contributed by atoms with Gasteiger partial charge in [-0.1, -0.05) is 6.92 Å². The van der Waals surface area contributed by atoms with Crippen LogP contribution in [0.1, 0.15) is 20.3 Å². The van der Waals surface area contributed by atoms with Crippen LogP contribution in [0.2, 0.25) is 0 Å². The van der Waals surface area contributed by atoms with E-state index >= 15 is 0 Å². The van der Waals surface area contributed by atoms with Gasteiger partial charge in [0.05, 0.1) is 6.20 Å². The Balaban J connectivity index is 2.74. The summed E-state index contributed by atoms with van der Waals surface area (Å²) in [5, 5.41) is 5.82. The van der Waals surface area contributed by atoms with Crippen molar-refractivity contribution in [3.63, 3.8) is 0 Å². The highest BCUT2D eigenvalue weighted by Crippen LogP contribution is 2.11. The van der Waals surface area contributed by atoms with E-state index in [1.807, 2.05) is 13.8 Å². The number of anilines is 2. The minimum absolute atomic E-state index is 0.262. The maximum atomic E-state index is 13.1. The first-order chi connectivity index (χ1) is 6.77. The third-order valence-corrected chi connectivity index (χ3v) is 1.62. The van der Waals surface area contributed by atoms with Crippen LogP contribution in [0.5, 0.6) is 0 Å². The molecule has 4 nitrogen and oxygen atoms in total. The summed E-state index contributed by atoms with van der Waals surface area (Å²) in [4.78, 5) is 7.79. The van der Waals surface area contributed by atoms with Crippen molar-refractivity contribution >= 4 is 11.8 Å². The Hall–Kier alpha value is -1.39. The van der Waals surface area contributed by atoms with Crippen LogP contribution in [-0.2, 0) is 0 Å². The average molecular weight is 198 g/mol. The summed E-state index contributed by atoms with van der Waals surface area (Å²) >= 11 is 0. The molecule has 0 aromatic carbocycles. The van der Waals surface area contributed by atoms with Gasteiger partial charge in [0.2, 0.25) is 5.95 Å². The van der Waals surface area contributed by atoms with E-state index in [9.17, 15) is 4.39 Å². The second-order valence-corrected chi connectivity index (χ2v) is 2.85. The normalized spacial score (nSPS) is 9.93. The van der Waals surface area contributed by atoms with Crippen LogP contribution in [0.15, 0.2) is 6.20 Å². The first-order valence-electron chi connectivity index (χ1n) is 4.78. The fraction of sp³-hybridized carbons (Fsp3) is 0.556. The van der Waals surface area contributed by atoms with Crippen LogP contribution in [-0.4, -0.2) is 23.1 Å². The summed E-state index contributed by atoms with van der Waals surface area (Å²) < 4.78 is 13.1. The Bertz CT molecular complexity index is 290. The average Bonchev–Trinajstić information content (AvgIpc) is 2.19. The third-order valence-electron chi connectivity index (χ3n) is 1.62. The van der Waals surface area contributed by atoms with Crippen LogP contribution in [0.4, 0.5) is 16.2 Å². The zero-order valence-electron chi connectivity index (χ0n) is 8.47. The zero-order chi connectivity index (χ0) is 10.4. The molecule has 78 valence electrons. The third kappa shape index (κ3) is 2.83. The molecule has 14 heavy (non-hydrogen) atoms. The Morgan fingerprint density at radius 1 is 1.36 bits per heavy atom. The van der Waals surface area contributed by atoms with Crippen LogP contribution in [0.3, 0.4) is 0 Å². The molecule has 1 aromatic rings. The maximum Gasteiger partial charge on any atom is 0.224 e. The molecular weight excluding hydrogens is 183 g/mol. The molecule has 0 aliphatic carbocycles. The van der Waals surface area contributed by atoms with E-state index in [1.165, 1.54) is 6.20 Å². The molecule has 0 radical (unpaired) electrons. The molecule has 5 heteroatoms. The summed E-state index contributed by atoms with van der Waals surface area (Å²) in [5.74, 6) is 0.297. The van der Waals surface area contributed by atoms with E-state index in [0.717, 1.165) is 13.0 Å². The van der Waals surface area contributed by atoms with Gasteiger partial charge in [0.15, 0.2) is 11.6 Å². The fourth-order valence-electron chi connectivity index (χ4n) is 0.978. The minimum atomic E-state index is -0.417. The maximum absolute atomic E-state index is 13.1. The summed E-state index contributed by atoms with van der Waals surface area (Å²) in [6.45, 7) is 5.38. The molecule has 0 fully saturated rings. The number of hydrogen-bond acceptors (Lipinski definition) is 4. The molecule has 0 aliphatic heterocycles. The lowest BCUT2D eigenvalue weighted by Crippen LogP contribution is -2.08. The quantitative estimate of drug-likeness (QED) is 0.758. The van der Waals surface area contributed by atoms with Crippen molar-refractivity contribution in [1.82, 2.24) is 9.97 Å². The van der Waals surface area contributed by atoms with Gasteiger partial charge < -0.3 is 10.6 Å². The van der Waals surface area contributed by atoms with Crippen molar-refractivity contribution in [1.29, 1.82) is 0 Å². The standard InChI is InChI=1S/C9H15FN4/c1-3-5-12-8-7(10)6-13-9(14-8)11-4-2/h6H,3-5H2,1-2H3,(H2,11,12,13,14). The highest BCUT2D eigenvalue weighted by molar-refractivity contribution is 5.40. The lowest BCUT2D eigenvalue weighted by Gasteiger charge is -2.06. The first kappa shape index (κ1) is 10.7. The molecule has 0 aliphatic rings. The largest absolute Gasteiger partial charge is 0.367 e. The van der Waals surface area contributed by atoms with Gasteiger partial charge in [-0.15, -0.1) is 0 Å². The lowest BCUT2D eigenvalue weighted by molar-refractivity contribution is 0.617. The van der Waals surface area contributed by atoms with E-state index < -0.39 is 5.82 Å². The summed E-state index contributed by atoms with van der Waals surface area (Å²) in [6, 6.07) is 0. The van der Waals surface area contributed by atoms with E-state index in [1.54, 1.807) is 0 Å². The number of halogens is 1. The lowest BCUT2D eigenvalue weighted by atomic mass is 10.4. The van der Waals surface area contributed by atoms with Crippen LogP contribution in [0.25, 0.3) is 0 Å². The Morgan fingerprint density at radius 3 is 2.79 bits per heavy atom. The van der Waals surface area contributed by atoms with E-state index in [0.29, 0.717) is 12.5 Å². The van der Waals surface area contributed by atoms with Gasteiger partial charge in [-0.05, 0) is 13.3 Å². The van der Waals surface area contributed by atoms with E-state index in [4.69, 9.17) is 0 Å². The number of rotatable bonds is 5. The molecule has 1 rings (SSSR count). The molecule has 0 saturated heterocycles. The predicted molar refractivity (Wildman–Crippen MR) is 54.9 cm³/mol. The van der Waals surface area contributed by atoms with Gasteiger partial charge in [-0.25, -0.2) is 9.37 Å². The molecule has 2 N–H and O–H groups in total. The summed E-state index contributed by atoms with van der Waals surface area (Å²) in [7, 11) is 0. The molecule has 0 bridgehead atoms. The van der Waals surface area contributed by atoms with Crippen molar-refractivity contribution in [3.05, 3.63) is 12.0 Å². The Labute approximate surface area is 83.0 Å². The molecule has 0 saturated carbocycles. The smallest absolute Gasteiger partial charge is 0.224 e. The molecule has 0 spiro atoms. The van der Waals surface area contributed by atoms with Crippen LogP contribution < -0.4 is 10.6 Å². The first-order valence-corrected chi connectivity index (χ1v) is 4.78. The molecule has 0 unspecified atom stereocenters. The Kier molecular flexibility index (Phi) is 4.10. The second kappa shape index (κ2) is 5.36. The molecular formula is C9H15FN4. The number of aromatic nitrogens is 2. The van der Waals surface area contributed by atoms with Crippen molar-refractivity contribution in [3.8, 4) is 0 Å². The minimum Gasteiger partial charge on any atom is -0.367 e. The fourth-order valence-corrected chi connectivity index (χ4v) is 0.978. The van der Waals surface area contributed by atoms with Crippen molar-refractivity contribution in [2.45, 2.75) is 20.3 Å². The van der Waals surface area contributed by atoms with Crippen LogP contribution in [0, 0.1) is 5.82 Å². The molecule has 0 amide bonds.